The van der Waals surface area contributed by atoms with Gasteiger partial charge in [0.1, 0.15) is 17.2 Å². The van der Waals surface area contributed by atoms with Gasteiger partial charge in [-0.05, 0) is 42.3 Å². The molecular formula is C18H15FN4O. The van der Waals surface area contributed by atoms with E-state index in [1.165, 1.54) is 12.1 Å². The summed E-state index contributed by atoms with van der Waals surface area (Å²) in [6.45, 7) is 0.461. The molecule has 0 aliphatic heterocycles. The van der Waals surface area contributed by atoms with Crippen LogP contribution < -0.4 is 5.32 Å². The molecule has 0 radical (unpaired) electrons. The SMILES string of the molecule is O=C(NCCc1c[nH]c2ccc(F)cc12)c1cnc2ccccn12. The number of carbonyl (C=O) groups excluding carboxylic acids is 1. The summed E-state index contributed by atoms with van der Waals surface area (Å²) in [6.07, 6.45) is 5.84. The Morgan fingerprint density at radius 2 is 2.21 bits per heavy atom. The molecule has 0 spiro atoms. The Morgan fingerprint density at radius 1 is 1.29 bits per heavy atom. The van der Waals surface area contributed by atoms with Crippen LogP contribution in [0.3, 0.4) is 0 Å². The van der Waals surface area contributed by atoms with Crippen molar-refractivity contribution in [3.05, 3.63) is 72.1 Å². The van der Waals surface area contributed by atoms with Crippen molar-refractivity contribution in [2.45, 2.75) is 6.42 Å². The lowest BCUT2D eigenvalue weighted by molar-refractivity contribution is 0.0948. The second-order valence-corrected chi connectivity index (χ2v) is 5.58. The molecule has 3 heterocycles. The van der Waals surface area contributed by atoms with Crippen molar-refractivity contribution in [1.29, 1.82) is 0 Å². The number of carbonyl (C=O) groups is 1. The number of aromatic amines is 1. The van der Waals surface area contributed by atoms with Gasteiger partial charge in [0.15, 0.2) is 0 Å². The van der Waals surface area contributed by atoms with Crippen LogP contribution in [0.5, 0.6) is 0 Å². The van der Waals surface area contributed by atoms with E-state index in [1.54, 1.807) is 22.9 Å². The predicted molar refractivity (Wildman–Crippen MR) is 89.5 cm³/mol. The predicted octanol–water partition coefficient (Wildman–Crippen LogP) is 2.93. The first-order valence-corrected chi connectivity index (χ1v) is 7.68. The normalized spacial score (nSPS) is 11.2. The number of amides is 1. The standard InChI is InChI=1S/C18H15FN4O/c19-13-4-5-15-14(9-13)12(10-21-15)6-7-20-18(24)16-11-22-17-3-1-2-8-23(16)17/h1-5,8-11,21H,6-7H2,(H,20,24). The minimum Gasteiger partial charge on any atom is -0.361 e. The quantitative estimate of drug-likeness (QED) is 0.607. The molecule has 0 bridgehead atoms. The van der Waals surface area contributed by atoms with E-state index < -0.39 is 0 Å². The van der Waals surface area contributed by atoms with Gasteiger partial charge < -0.3 is 10.3 Å². The number of hydrogen-bond acceptors (Lipinski definition) is 2. The number of fused-ring (bicyclic) bond motifs is 2. The molecule has 2 N–H and O–H groups in total. The Balaban J connectivity index is 1.47. The summed E-state index contributed by atoms with van der Waals surface area (Å²) in [7, 11) is 0. The van der Waals surface area contributed by atoms with E-state index in [9.17, 15) is 9.18 Å². The lowest BCUT2D eigenvalue weighted by Crippen LogP contribution is -2.26. The highest BCUT2D eigenvalue weighted by Gasteiger charge is 2.11. The third-order valence-electron chi connectivity index (χ3n) is 4.06. The van der Waals surface area contributed by atoms with Gasteiger partial charge in [-0.25, -0.2) is 9.37 Å². The summed E-state index contributed by atoms with van der Waals surface area (Å²) < 4.78 is 15.1. The van der Waals surface area contributed by atoms with E-state index in [4.69, 9.17) is 0 Å². The van der Waals surface area contributed by atoms with Gasteiger partial charge in [-0.15, -0.1) is 0 Å². The fourth-order valence-electron chi connectivity index (χ4n) is 2.86. The monoisotopic (exact) mass is 322 g/mol. The zero-order chi connectivity index (χ0) is 16.5. The average Bonchev–Trinajstić information content (AvgIpc) is 3.19. The average molecular weight is 322 g/mol. The Hall–Kier alpha value is -3.15. The van der Waals surface area contributed by atoms with Gasteiger partial charge in [0.2, 0.25) is 0 Å². The molecule has 0 fully saturated rings. The minimum absolute atomic E-state index is 0.181. The number of halogens is 1. The highest BCUT2D eigenvalue weighted by atomic mass is 19.1. The van der Waals surface area contributed by atoms with E-state index in [2.05, 4.69) is 15.3 Å². The molecule has 120 valence electrons. The number of pyridine rings is 1. The molecule has 1 aromatic carbocycles. The molecule has 0 unspecified atom stereocenters. The number of imidazole rings is 1. The summed E-state index contributed by atoms with van der Waals surface area (Å²) in [6, 6.07) is 10.2. The third kappa shape index (κ3) is 2.52. The molecule has 6 heteroatoms. The molecule has 0 aliphatic carbocycles. The van der Waals surface area contributed by atoms with Gasteiger partial charge in [-0.3, -0.25) is 9.20 Å². The zero-order valence-corrected chi connectivity index (χ0v) is 12.8. The van der Waals surface area contributed by atoms with Gasteiger partial charge in [0, 0.05) is 29.8 Å². The van der Waals surface area contributed by atoms with Crippen molar-refractivity contribution in [3.63, 3.8) is 0 Å². The second-order valence-electron chi connectivity index (χ2n) is 5.58. The van der Waals surface area contributed by atoms with Crippen LogP contribution in [0.4, 0.5) is 4.39 Å². The molecule has 4 rings (SSSR count). The number of rotatable bonds is 4. The van der Waals surface area contributed by atoms with E-state index in [0.717, 1.165) is 22.1 Å². The second kappa shape index (κ2) is 5.81. The first-order chi connectivity index (χ1) is 11.7. The van der Waals surface area contributed by atoms with Crippen LogP contribution in [0.25, 0.3) is 16.6 Å². The number of hydrogen-bond donors (Lipinski definition) is 2. The van der Waals surface area contributed by atoms with Crippen LogP contribution in [0, 0.1) is 5.82 Å². The van der Waals surface area contributed by atoms with Gasteiger partial charge >= 0.3 is 0 Å². The topological polar surface area (TPSA) is 62.2 Å². The summed E-state index contributed by atoms with van der Waals surface area (Å²) in [4.78, 5) is 19.6. The molecular weight excluding hydrogens is 307 g/mol. The first-order valence-electron chi connectivity index (χ1n) is 7.68. The van der Waals surface area contributed by atoms with E-state index >= 15 is 0 Å². The Labute approximate surface area is 137 Å². The van der Waals surface area contributed by atoms with Crippen LogP contribution in [0.15, 0.2) is 55.0 Å². The first kappa shape index (κ1) is 14.4. The summed E-state index contributed by atoms with van der Waals surface area (Å²) in [5.74, 6) is -0.446. The summed E-state index contributed by atoms with van der Waals surface area (Å²) in [5.41, 5.74) is 3.09. The van der Waals surface area contributed by atoms with Crippen LogP contribution in [-0.4, -0.2) is 26.8 Å². The third-order valence-corrected chi connectivity index (χ3v) is 4.06. The van der Waals surface area contributed by atoms with Crippen molar-refractivity contribution in [1.82, 2.24) is 19.7 Å². The highest BCUT2D eigenvalue weighted by Crippen LogP contribution is 2.19. The van der Waals surface area contributed by atoms with Gasteiger partial charge in [0.05, 0.1) is 6.20 Å². The summed E-state index contributed by atoms with van der Waals surface area (Å²) in [5, 5.41) is 3.73. The van der Waals surface area contributed by atoms with E-state index in [0.29, 0.717) is 18.7 Å². The molecule has 0 atom stereocenters. The fraction of sp³-hybridized carbons (Fsp3) is 0.111. The van der Waals surface area contributed by atoms with Crippen molar-refractivity contribution in [2.24, 2.45) is 0 Å². The van der Waals surface area contributed by atoms with E-state index in [-0.39, 0.29) is 11.7 Å². The molecule has 0 saturated carbocycles. The summed E-state index contributed by atoms with van der Waals surface area (Å²) >= 11 is 0. The van der Waals surface area contributed by atoms with Crippen molar-refractivity contribution in [3.8, 4) is 0 Å². The number of benzene rings is 1. The smallest absolute Gasteiger partial charge is 0.269 e. The Kier molecular flexibility index (Phi) is 3.49. The zero-order valence-electron chi connectivity index (χ0n) is 12.8. The Bertz CT molecular complexity index is 1030. The van der Waals surface area contributed by atoms with Crippen LogP contribution in [-0.2, 0) is 6.42 Å². The van der Waals surface area contributed by atoms with Crippen molar-refractivity contribution < 1.29 is 9.18 Å². The maximum atomic E-state index is 13.4. The maximum Gasteiger partial charge on any atom is 0.269 e. The number of H-pyrrole nitrogens is 1. The number of nitrogens with zero attached hydrogens (tertiary/aromatic N) is 2. The Morgan fingerprint density at radius 3 is 3.12 bits per heavy atom. The molecule has 3 aromatic heterocycles. The van der Waals surface area contributed by atoms with Crippen molar-refractivity contribution in [2.75, 3.05) is 6.54 Å². The number of nitrogens with one attached hydrogen (secondary N) is 2. The fourth-order valence-corrected chi connectivity index (χ4v) is 2.86. The molecule has 4 aromatic rings. The van der Waals surface area contributed by atoms with Crippen LogP contribution in [0.2, 0.25) is 0 Å². The van der Waals surface area contributed by atoms with Crippen LogP contribution >= 0.6 is 0 Å². The van der Waals surface area contributed by atoms with Crippen LogP contribution in [0.1, 0.15) is 16.1 Å². The van der Waals surface area contributed by atoms with Gasteiger partial charge in [0.25, 0.3) is 5.91 Å². The molecule has 1 amide bonds. The number of aromatic nitrogens is 3. The highest BCUT2D eigenvalue weighted by molar-refractivity contribution is 5.93. The maximum absolute atomic E-state index is 13.4. The lowest BCUT2D eigenvalue weighted by Gasteiger charge is -2.05. The lowest BCUT2D eigenvalue weighted by atomic mass is 10.1. The largest absolute Gasteiger partial charge is 0.361 e. The molecule has 24 heavy (non-hydrogen) atoms. The molecule has 0 aliphatic rings. The minimum atomic E-state index is -0.266. The molecule has 5 nitrogen and oxygen atoms in total. The van der Waals surface area contributed by atoms with Gasteiger partial charge in [-0.2, -0.15) is 0 Å². The van der Waals surface area contributed by atoms with Crippen molar-refractivity contribution >= 4 is 22.5 Å². The molecule has 0 saturated heterocycles. The van der Waals surface area contributed by atoms with E-state index in [1.807, 2.05) is 24.4 Å². The van der Waals surface area contributed by atoms with Gasteiger partial charge in [-0.1, -0.05) is 6.07 Å².